The molecule has 1 aliphatic heterocycles. The fraction of sp³-hybridized carbons (Fsp3) is 0.478. The highest BCUT2D eigenvalue weighted by molar-refractivity contribution is 5.86. The lowest BCUT2D eigenvalue weighted by Gasteiger charge is -2.33. The molecule has 0 amide bonds. The molecule has 8 heteroatoms. The number of ether oxygens (including phenoxy) is 1. The second kappa shape index (κ2) is 9.53. The van der Waals surface area contributed by atoms with E-state index in [0.717, 1.165) is 48.6 Å². The molecule has 1 aromatic heterocycles. The van der Waals surface area contributed by atoms with Crippen molar-refractivity contribution in [2.45, 2.75) is 39.2 Å². The van der Waals surface area contributed by atoms with Gasteiger partial charge in [-0.15, -0.1) is 0 Å². The first-order valence-corrected chi connectivity index (χ1v) is 10.9. The van der Waals surface area contributed by atoms with Crippen molar-refractivity contribution in [1.29, 1.82) is 0 Å². The molecule has 2 atom stereocenters. The van der Waals surface area contributed by atoms with Crippen molar-refractivity contribution in [3.8, 4) is 0 Å². The molecule has 1 fully saturated rings. The molecule has 1 aliphatic carbocycles. The van der Waals surface area contributed by atoms with Gasteiger partial charge in [0.15, 0.2) is 5.78 Å². The Bertz CT molecular complexity index is 969. The second-order valence-corrected chi connectivity index (χ2v) is 8.31. The molecular weight excluding hydrogens is 392 g/mol. The fourth-order valence-electron chi connectivity index (χ4n) is 4.21. The van der Waals surface area contributed by atoms with Gasteiger partial charge >= 0.3 is 0 Å². The molecule has 31 heavy (non-hydrogen) atoms. The van der Waals surface area contributed by atoms with Crippen molar-refractivity contribution in [2.75, 3.05) is 36.6 Å². The summed E-state index contributed by atoms with van der Waals surface area (Å²) >= 11 is 0. The molecule has 2 aliphatic rings. The third-order valence-corrected chi connectivity index (χ3v) is 5.83. The van der Waals surface area contributed by atoms with Crippen LogP contribution in [0.3, 0.4) is 0 Å². The number of fused-ring (bicyclic) bond motifs is 1. The first-order valence-electron chi connectivity index (χ1n) is 10.9. The van der Waals surface area contributed by atoms with Crippen molar-refractivity contribution in [3.63, 3.8) is 0 Å². The summed E-state index contributed by atoms with van der Waals surface area (Å²) in [6, 6.07) is 7.67. The highest BCUT2D eigenvalue weighted by Crippen LogP contribution is 2.33. The molecule has 164 valence electrons. The molecule has 2 aromatic rings. The van der Waals surface area contributed by atoms with Crippen LogP contribution < -0.4 is 16.1 Å². The summed E-state index contributed by atoms with van der Waals surface area (Å²) in [5.41, 5.74) is 13.1. The smallest absolute Gasteiger partial charge is 0.245 e. The van der Waals surface area contributed by atoms with Crippen LogP contribution in [0.2, 0.25) is 0 Å². The summed E-state index contributed by atoms with van der Waals surface area (Å²) in [7, 11) is 0. The summed E-state index contributed by atoms with van der Waals surface area (Å²) in [4.78, 5) is 24.3. The van der Waals surface area contributed by atoms with Crippen LogP contribution in [-0.2, 0) is 22.4 Å². The van der Waals surface area contributed by atoms with E-state index in [1.165, 1.54) is 5.56 Å². The largest absolute Gasteiger partial charge is 0.378 e. The second-order valence-electron chi connectivity index (χ2n) is 8.31. The third-order valence-electron chi connectivity index (χ3n) is 5.83. The highest BCUT2D eigenvalue weighted by atomic mass is 16.5. The number of nitrogens with one attached hydrogen (secondary N) is 1. The Morgan fingerprint density at radius 2 is 2.16 bits per heavy atom. The summed E-state index contributed by atoms with van der Waals surface area (Å²) in [6.45, 7) is 6.67. The quantitative estimate of drug-likeness (QED) is 0.542. The normalized spacial score (nSPS) is 19.8. The van der Waals surface area contributed by atoms with E-state index in [0.29, 0.717) is 25.6 Å². The van der Waals surface area contributed by atoms with Crippen LogP contribution in [0.5, 0.6) is 0 Å². The number of Topliss-reactive ketones (excluding diaryl/α,β-unsaturated/α-hetero) is 1. The fourth-order valence-corrected chi connectivity index (χ4v) is 4.21. The number of morpholine rings is 1. The Hall–Kier alpha value is -2.84. The molecule has 4 rings (SSSR count). The van der Waals surface area contributed by atoms with Gasteiger partial charge in [0.1, 0.15) is 5.82 Å². The number of ketones is 1. The topological polar surface area (TPSA) is 106 Å². The van der Waals surface area contributed by atoms with Crippen molar-refractivity contribution in [3.05, 3.63) is 46.6 Å². The van der Waals surface area contributed by atoms with Gasteiger partial charge in [-0.2, -0.15) is 10.1 Å². The zero-order valence-electron chi connectivity index (χ0n) is 18.2. The Labute approximate surface area is 182 Å². The van der Waals surface area contributed by atoms with Crippen LogP contribution in [0.15, 0.2) is 29.4 Å². The molecule has 0 saturated carbocycles. The van der Waals surface area contributed by atoms with Crippen molar-refractivity contribution >= 4 is 23.8 Å². The predicted molar refractivity (Wildman–Crippen MR) is 122 cm³/mol. The maximum Gasteiger partial charge on any atom is 0.245 e. The minimum atomic E-state index is -0.448. The van der Waals surface area contributed by atoms with Crippen LogP contribution in [0.25, 0.3) is 0 Å². The van der Waals surface area contributed by atoms with E-state index in [1.807, 2.05) is 12.1 Å². The van der Waals surface area contributed by atoms with E-state index in [-0.39, 0.29) is 11.7 Å². The number of benzene rings is 1. The van der Waals surface area contributed by atoms with Gasteiger partial charge in [-0.1, -0.05) is 29.8 Å². The molecule has 2 heterocycles. The van der Waals surface area contributed by atoms with Crippen molar-refractivity contribution < 1.29 is 9.53 Å². The zero-order valence-corrected chi connectivity index (χ0v) is 18.2. The average molecular weight is 423 g/mol. The summed E-state index contributed by atoms with van der Waals surface area (Å²) in [6.07, 6.45) is 3.89. The molecule has 1 aromatic carbocycles. The number of aromatic nitrogens is 2. The van der Waals surface area contributed by atoms with E-state index in [2.05, 4.69) is 34.5 Å². The lowest BCUT2D eigenvalue weighted by Crippen LogP contribution is -2.40. The Morgan fingerprint density at radius 1 is 1.35 bits per heavy atom. The molecule has 3 N–H and O–H groups in total. The highest BCUT2D eigenvalue weighted by Gasteiger charge is 2.31. The number of nitrogens with zero attached hydrogens (tertiary/aromatic N) is 4. The van der Waals surface area contributed by atoms with E-state index in [9.17, 15) is 4.79 Å². The summed E-state index contributed by atoms with van der Waals surface area (Å²) < 4.78 is 5.51. The van der Waals surface area contributed by atoms with Crippen LogP contribution in [0.4, 0.5) is 11.8 Å². The minimum absolute atomic E-state index is 0.0750. The maximum atomic E-state index is 12.5. The molecule has 2 unspecified atom stereocenters. The first kappa shape index (κ1) is 21.4. The molecular formula is C23H30N6O2. The molecule has 0 bridgehead atoms. The van der Waals surface area contributed by atoms with Gasteiger partial charge in [-0.3, -0.25) is 4.79 Å². The SMILES string of the molecule is Cc1cccc(/C=N/Nc2nc3c(c(N4CCOCC4)n2)CC(C(=O)C(C)N)CC3)c1. The van der Waals surface area contributed by atoms with Gasteiger partial charge in [0.25, 0.3) is 0 Å². The van der Waals surface area contributed by atoms with Crippen molar-refractivity contribution in [2.24, 2.45) is 16.8 Å². The lowest BCUT2D eigenvalue weighted by atomic mass is 9.82. The molecule has 0 spiro atoms. The first-order chi connectivity index (χ1) is 15.0. The monoisotopic (exact) mass is 422 g/mol. The number of carbonyl (C=O) groups is 1. The van der Waals surface area contributed by atoms with E-state index >= 15 is 0 Å². The average Bonchev–Trinajstić information content (AvgIpc) is 2.78. The van der Waals surface area contributed by atoms with E-state index in [4.69, 9.17) is 20.4 Å². The molecule has 8 nitrogen and oxygen atoms in total. The lowest BCUT2D eigenvalue weighted by molar-refractivity contribution is -0.124. The number of hydrogen-bond donors (Lipinski definition) is 2. The number of hydrogen-bond acceptors (Lipinski definition) is 8. The van der Waals surface area contributed by atoms with Gasteiger partial charge in [-0.05, 0) is 38.7 Å². The Morgan fingerprint density at radius 3 is 2.90 bits per heavy atom. The van der Waals surface area contributed by atoms with Gasteiger partial charge in [-0.25, -0.2) is 10.4 Å². The molecule has 1 saturated heterocycles. The van der Waals surface area contributed by atoms with Crippen LogP contribution >= 0.6 is 0 Å². The van der Waals surface area contributed by atoms with E-state index < -0.39 is 6.04 Å². The van der Waals surface area contributed by atoms with Crippen LogP contribution in [0.1, 0.15) is 35.7 Å². The maximum absolute atomic E-state index is 12.5. The summed E-state index contributed by atoms with van der Waals surface area (Å²) in [5.74, 6) is 1.39. The van der Waals surface area contributed by atoms with Crippen LogP contribution in [-0.4, -0.2) is 54.3 Å². The molecule has 0 radical (unpaired) electrons. The number of rotatable bonds is 6. The number of anilines is 2. The van der Waals surface area contributed by atoms with Gasteiger partial charge < -0.3 is 15.4 Å². The van der Waals surface area contributed by atoms with Crippen LogP contribution in [0, 0.1) is 12.8 Å². The van der Waals surface area contributed by atoms with Crippen molar-refractivity contribution in [1.82, 2.24) is 9.97 Å². The van der Waals surface area contributed by atoms with Gasteiger partial charge in [0, 0.05) is 24.6 Å². The number of carbonyl (C=O) groups excluding carboxylic acids is 1. The number of nitrogens with two attached hydrogens (primary N) is 1. The Balaban J connectivity index is 1.60. The van der Waals surface area contributed by atoms with Gasteiger partial charge in [0.05, 0.1) is 31.2 Å². The third kappa shape index (κ3) is 5.08. The van der Waals surface area contributed by atoms with Gasteiger partial charge in [0.2, 0.25) is 5.95 Å². The number of aryl methyl sites for hydroxylation is 2. The standard InChI is InChI=1S/C23H30N6O2/c1-15-4-3-5-17(12-15)14-25-28-23-26-20-7-6-18(21(30)16(2)24)13-19(20)22(27-23)29-8-10-31-11-9-29/h3-5,12,14,16,18H,6-11,13,24H2,1-2H3,(H,26,27,28)/b25-14+. The zero-order chi connectivity index (χ0) is 21.8. The Kier molecular flexibility index (Phi) is 6.58. The minimum Gasteiger partial charge on any atom is -0.378 e. The van der Waals surface area contributed by atoms with E-state index in [1.54, 1.807) is 13.1 Å². The predicted octanol–water partition coefficient (Wildman–Crippen LogP) is 2.09. The summed E-state index contributed by atoms with van der Waals surface area (Å²) in [5, 5.41) is 4.34. The number of hydrazone groups is 1.